The number of carbonyl (C=O) groups excluding carboxylic acids is 1. The number of aromatic nitrogens is 1. The van der Waals surface area contributed by atoms with Gasteiger partial charge in [0, 0.05) is 13.7 Å². The van der Waals surface area contributed by atoms with Gasteiger partial charge < -0.3 is 10.1 Å². The molecule has 0 aliphatic heterocycles. The van der Waals surface area contributed by atoms with Crippen LogP contribution in [-0.4, -0.2) is 30.1 Å². The van der Waals surface area contributed by atoms with Crippen LogP contribution in [0.25, 0.3) is 0 Å². The van der Waals surface area contributed by atoms with Gasteiger partial charge in [-0.15, -0.1) is 0 Å². The van der Waals surface area contributed by atoms with Crippen LogP contribution in [0.3, 0.4) is 0 Å². The van der Waals surface area contributed by atoms with Crippen molar-refractivity contribution in [1.82, 2.24) is 10.3 Å². The predicted octanol–water partition coefficient (Wildman–Crippen LogP) is 2.03. The number of amides is 1. The van der Waals surface area contributed by atoms with Gasteiger partial charge in [0.05, 0.1) is 5.60 Å². The number of nitrogens with one attached hydrogen (secondary N) is 1. The molecule has 0 aromatic carbocycles. The van der Waals surface area contributed by atoms with E-state index in [0.717, 1.165) is 19.3 Å². The summed E-state index contributed by atoms with van der Waals surface area (Å²) in [6, 6.07) is 4.99. The first-order valence-electron chi connectivity index (χ1n) is 5.61. The number of rotatable bonds is 4. The Balaban J connectivity index is 1.93. The number of hydrogen-bond acceptors (Lipinski definition) is 3. The van der Waals surface area contributed by atoms with Gasteiger partial charge in [0.25, 0.3) is 5.91 Å². The molecule has 1 aromatic rings. The molecule has 5 heteroatoms. The number of carbonyl (C=O) groups is 1. The minimum Gasteiger partial charge on any atom is -0.376 e. The Morgan fingerprint density at radius 1 is 1.59 bits per heavy atom. The lowest BCUT2D eigenvalue weighted by atomic mass is 9.80. The molecule has 1 aliphatic rings. The van der Waals surface area contributed by atoms with Crippen LogP contribution in [0.15, 0.2) is 18.2 Å². The summed E-state index contributed by atoms with van der Waals surface area (Å²) in [5.41, 5.74) is 0.164. The van der Waals surface area contributed by atoms with E-state index < -0.39 is 0 Å². The summed E-state index contributed by atoms with van der Waals surface area (Å²) in [5.74, 6) is -0.212. The van der Waals surface area contributed by atoms with Gasteiger partial charge in [0.2, 0.25) is 0 Å². The second-order valence-electron chi connectivity index (χ2n) is 4.27. The first-order chi connectivity index (χ1) is 8.15. The molecule has 0 bridgehead atoms. The van der Waals surface area contributed by atoms with Crippen LogP contribution < -0.4 is 5.32 Å². The summed E-state index contributed by atoms with van der Waals surface area (Å²) < 4.78 is 5.42. The first-order valence-corrected chi connectivity index (χ1v) is 5.99. The molecular weight excluding hydrogens is 240 g/mol. The van der Waals surface area contributed by atoms with Crippen molar-refractivity contribution < 1.29 is 9.53 Å². The Labute approximate surface area is 105 Å². The van der Waals surface area contributed by atoms with Crippen LogP contribution >= 0.6 is 11.6 Å². The highest BCUT2D eigenvalue weighted by Crippen LogP contribution is 2.34. The van der Waals surface area contributed by atoms with Gasteiger partial charge >= 0.3 is 0 Å². The Hall–Kier alpha value is -1.13. The van der Waals surface area contributed by atoms with Crippen molar-refractivity contribution in [1.29, 1.82) is 0 Å². The van der Waals surface area contributed by atoms with Gasteiger partial charge in [0.1, 0.15) is 10.8 Å². The van der Waals surface area contributed by atoms with E-state index in [-0.39, 0.29) is 11.5 Å². The molecule has 1 heterocycles. The maximum Gasteiger partial charge on any atom is 0.270 e. The van der Waals surface area contributed by atoms with E-state index in [1.54, 1.807) is 25.3 Å². The van der Waals surface area contributed by atoms with E-state index in [1.807, 2.05) is 0 Å². The van der Waals surface area contributed by atoms with Crippen LogP contribution in [-0.2, 0) is 4.74 Å². The molecule has 1 saturated carbocycles. The molecule has 17 heavy (non-hydrogen) atoms. The number of hydrogen-bond donors (Lipinski definition) is 1. The molecule has 0 radical (unpaired) electrons. The van der Waals surface area contributed by atoms with E-state index in [9.17, 15) is 4.79 Å². The number of nitrogens with zero attached hydrogens (tertiary/aromatic N) is 1. The van der Waals surface area contributed by atoms with Crippen LogP contribution in [0.1, 0.15) is 29.8 Å². The SMILES string of the molecule is COC1(CNC(=O)c2cccc(Cl)n2)CCC1. The molecule has 1 amide bonds. The van der Waals surface area contributed by atoms with Crippen molar-refractivity contribution in [3.8, 4) is 0 Å². The van der Waals surface area contributed by atoms with Gasteiger partial charge in [-0.3, -0.25) is 4.79 Å². The molecule has 1 aliphatic carbocycles. The van der Waals surface area contributed by atoms with Crippen LogP contribution in [0, 0.1) is 0 Å². The summed E-state index contributed by atoms with van der Waals surface area (Å²) in [7, 11) is 1.68. The van der Waals surface area contributed by atoms with Crippen molar-refractivity contribution in [2.75, 3.05) is 13.7 Å². The second-order valence-corrected chi connectivity index (χ2v) is 4.66. The second kappa shape index (κ2) is 5.02. The number of methoxy groups -OCH3 is 1. The fourth-order valence-corrected chi connectivity index (χ4v) is 2.05. The van der Waals surface area contributed by atoms with E-state index in [1.165, 1.54) is 0 Å². The molecule has 1 fully saturated rings. The predicted molar refractivity (Wildman–Crippen MR) is 65.2 cm³/mol. The van der Waals surface area contributed by atoms with Gasteiger partial charge in [-0.1, -0.05) is 17.7 Å². The molecule has 2 rings (SSSR count). The summed E-state index contributed by atoms with van der Waals surface area (Å²) in [4.78, 5) is 15.8. The van der Waals surface area contributed by atoms with Crippen molar-refractivity contribution in [2.45, 2.75) is 24.9 Å². The molecule has 0 spiro atoms. The number of halogens is 1. The van der Waals surface area contributed by atoms with Crippen molar-refractivity contribution in [3.05, 3.63) is 29.0 Å². The number of pyridine rings is 1. The van der Waals surface area contributed by atoms with Crippen LogP contribution in [0.2, 0.25) is 5.15 Å². The smallest absolute Gasteiger partial charge is 0.270 e. The summed E-state index contributed by atoms with van der Waals surface area (Å²) >= 11 is 5.73. The number of ether oxygens (including phenoxy) is 1. The van der Waals surface area contributed by atoms with E-state index in [4.69, 9.17) is 16.3 Å². The zero-order valence-electron chi connectivity index (χ0n) is 9.70. The molecule has 4 nitrogen and oxygen atoms in total. The molecule has 1 aromatic heterocycles. The lowest BCUT2D eigenvalue weighted by molar-refractivity contribution is -0.0679. The fraction of sp³-hybridized carbons (Fsp3) is 0.500. The maximum atomic E-state index is 11.8. The molecule has 0 saturated heterocycles. The first kappa shape index (κ1) is 12.3. The van der Waals surface area contributed by atoms with Gasteiger partial charge in [-0.05, 0) is 31.4 Å². The van der Waals surface area contributed by atoms with E-state index in [2.05, 4.69) is 10.3 Å². The monoisotopic (exact) mass is 254 g/mol. The quantitative estimate of drug-likeness (QED) is 0.837. The zero-order chi connectivity index (χ0) is 12.3. The molecule has 0 unspecified atom stereocenters. The van der Waals surface area contributed by atoms with Crippen molar-refractivity contribution in [3.63, 3.8) is 0 Å². The normalized spacial score (nSPS) is 17.3. The summed E-state index contributed by atoms with van der Waals surface area (Å²) in [6.07, 6.45) is 3.14. The standard InChI is InChI=1S/C12H15ClN2O2/c1-17-12(6-3-7-12)8-14-11(16)9-4-2-5-10(13)15-9/h2,4-5H,3,6-8H2,1H3,(H,14,16). The van der Waals surface area contributed by atoms with Gasteiger partial charge in [0.15, 0.2) is 0 Å². The molecule has 0 atom stereocenters. The summed E-state index contributed by atoms with van der Waals surface area (Å²) in [5, 5.41) is 3.16. The average Bonchev–Trinajstić information content (AvgIpc) is 2.28. The Bertz CT molecular complexity index is 413. The Kier molecular flexibility index (Phi) is 3.64. The third-order valence-electron chi connectivity index (χ3n) is 3.22. The largest absolute Gasteiger partial charge is 0.376 e. The highest BCUT2D eigenvalue weighted by molar-refractivity contribution is 6.29. The lowest BCUT2D eigenvalue weighted by Crippen LogP contribution is -2.49. The Morgan fingerprint density at radius 3 is 2.88 bits per heavy atom. The van der Waals surface area contributed by atoms with Gasteiger partial charge in [-0.25, -0.2) is 4.98 Å². The zero-order valence-corrected chi connectivity index (χ0v) is 10.5. The molecule has 92 valence electrons. The highest BCUT2D eigenvalue weighted by atomic mass is 35.5. The molecule has 1 N–H and O–H groups in total. The summed E-state index contributed by atoms with van der Waals surface area (Å²) in [6.45, 7) is 0.524. The van der Waals surface area contributed by atoms with Gasteiger partial charge in [-0.2, -0.15) is 0 Å². The molecular formula is C12H15ClN2O2. The van der Waals surface area contributed by atoms with Crippen molar-refractivity contribution >= 4 is 17.5 Å². The topological polar surface area (TPSA) is 51.2 Å². The highest BCUT2D eigenvalue weighted by Gasteiger charge is 2.37. The minimum absolute atomic E-state index is 0.172. The third-order valence-corrected chi connectivity index (χ3v) is 3.43. The lowest BCUT2D eigenvalue weighted by Gasteiger charge is -2.40. The maximum absolute atomic E-state index is 11.8. The van der Waals surface area contributed by atoms with Crippen LogP contribution in [0.5, 0.6) is 0 Å². The Morgan fingerprint density at radius 2 is 2.35 bits per heavy atom. The van der Waals surface area contributed by atoms with E-state index >= 15 is 0 Å². The van der Waals surface area contributed by atoms with Crippen molar-refractivity contribution in [2.24, 2.45) is 0 Å². The van der Waals surface area contributed by atoms with Crippen LogP contribution in [0.4, 0.5) is 0 Å². The minimum atomic E-state index is -0.212. The third kappa shape index (κ3) is 2.76. The fourth-order valence-electron chi connectivity index (χ4n) is 1.89. The van der Waals surface area contributed by atoms with E-state index in [0.29, 0.717) is 17.4 Å². The average molecular weight is 255 g/mol.